The Morgan fingerprint density at radius 2 is 2.00 bits per heavy atom. The number of piperazine rings is 1. The van der Waals surface area contributed by atoms with Gasteiger partial charge in [-0.3, -0.25) is 4.79 Å². The average molecular weight is 307 g/mol. The molecule has 1 aliphatic rings. The van der Waals surface area contributed by atoms with Crippen LogP contribution in [0.25, 0.3) is 11.5 Å². The fourth-order valence-corrected chi connectivity index (χ4v) is 2.38. The van der Waals surface area contributed by atoms with E-state index in [-0.39, 0.29) is 11.8 Å². The van der Waals surface area contributed by atoms with Gasteiger partial charge in [0.2, 0.25) is 5.89 Å². The lowest BCUT2D eigenvalue weighted by molar-refractivity contribution is 0.0625. The van der Waals surface area contributed by atoms with Gasteiger partial charge in [-0.1, -0.05) is 17.7 Å². The molecule has 2 heterocycles. The van der Waals surface area contributed by atoms with Crippen molar-refractivity contribution in [2.24, 2.45) is 0 Å². The number of benzene rings is 1. The lowest BCUT2D eigenvalue weighted by atomic mass is 10.2. The van der Waals surface area contributed by atoms with Crippen molar-refractivity contribution >= 4 is 17.5 Å². The SMILES string of the molecule is CN1CCN(C(=O)c2nnc(-c3cccc(Cl)c3)o2)CC1. The van der Waals surface area contributed by atoms with Crippen molar-refractivity contribution in [3.05, 3.63) is 35.2 Å². The lowest BCUT2D eigenvalue weighted by Crippen LogP contribution is -2.47. The van der Waals surface area contributed by atoms with E-state index in [9.17, 15) is 4.79 Å². The maximum atomic E-state index is 12.3. The minimum Gasteiger partial charge on any atom is -0.412 e. The number of likely N-dealkylation sites (N-methyl/N-ethyl adjacent to an activating group) is 1. The van der Waals surface area contributed by atoms with E-state index < -0.39 is 0 Å². The molecule has 1 saturated heterocycles. The van der Waals surface area contributed by atoms with Gasteiger partial charge in [-0.2, -0.15) is 0 Å². The number of nitrogens with zero attached hydrogens (tertiary/aromatic N) is 4. The summed E-state index contributed by atoms with van der Waals surface area (Å²) in [6.07, 6.45) is 0. The Morgan fingerprint density at radius 1 is 1.24 bits per heavy atom. The molecule has 110 valence electrons. The number of halogens is 1. The van der Waals surface area contributed by atoms with Crippen molar-refractivity contribution in [3.8, 4) is 11.5 Å². The van der Waals surface area contributed by atoms with Crippen molar-refractivity contribution in [3.63, 3.8) is 0 Å². The van der Waals surface area contributed by atoms with Gasteiger partial charge in [-0.25, -0.2) is 0 Å². The van der Waals surface area contributed by atoms with Crippen LogP contribution in [0, 0.1) is 0 Å². The molecule has 1 aromatic heterocycles. The largest absolute Gasteiger partial charge is 0.412 e. The van der Waals surface area contributed by atoms with E-state index in [1.54, 1.807) is 23.1 Å². The molecule has 0 saturated carbocycles. The fourth-order valence-electron chi connectivity index (χ4n) is 2.19. The van der Waals surface area contributed by atoms with Crippen LogP contribution < -0.4 is 0 Å². The summed E-state index contributed by atoms with van der Waals surface area (Å²) in [5.41, 5.74) is 0.701. The number of hydrogen-bond donors (Lipinski definition) is 0. The maximum Gasteiger partial charge on any atom is 0.311 e. The predicted molar refractivity (Wildman–Crippen MR) is 78.1 cm³/mol. The summed E-state index contributed by atoms with van der Waals surface area (Å²) >= 11 is 5.93. The zero-order valence-electron chi connectivity index (χ0n) is 11.6. The Morgan fingerprint density at radius 3 is 2.71 bits per heavy atom. The summed E-state index contributed by atoms with van der Waals surface area (Å²) in [6, 6.07) is 7.09. The van der Waals surface area contributed by atoms with Crippen LogP contribution in [0.15, 0.2) is 28.7 Å². The van der Waals surface area contributed by atoms with Gasteiger partial charge in [-0.15, -0.1) is 10.2 Å². The van der Waals surface area contributed by atoms with Crippen molar-refractivity contribution < 1.29 is 9.21 Å². The van der Waals surface area contributed by atoms with Gasteiger partial charge in [0.05, 0.1) is 0 Å². The molecule has 0 N–H and O–H groups in total. The standard InChI is InChI=1S/C14H15ClN4O2/c1-18-5-7-19(8-6-18)14(20)13-17-16-12(21-13)10-3-2-4-11(15)9-10/h2-4,9H,5-8H2,1H3. The molecule has 1 fully saturated rings. The number of aromatic nitrogens is 2. The second-order valence-corrected chi connectivity index (χ2v) is 5.45. The molecule has 0 spiro atoms. The van der Waals surface area contributed by atoms with Gasteiger partial charge < -0.3 is 14.2 Å². The first-order valence-corrected chi connectivity index (χ1v) is 7.08. The van der Waals surface area contributed by atoms with Crippen LogP contribution in [-0.4, -0.2) is 59.1 Å². The molecule has 6 nitrogen and oxygen atoms in total. The molecule has 0 atom stereocenters. The molecule has 0 unspecified atom stereocenters. The molecule has 2 aromatic rings. The van der Waals surface area contributed by atoms with Crippen molar-refractivity contribution in [2.45, 2.75) is 0 Å². The van der Waals surface area contributed by atoms with E-state index in [4.69, 9.17) is 16.0 Å². The quantitative estimate of drug-likeness (QED) is 0.846. The van der Waals surface area contributed by atoms with Crippen molar-refractivity contribution in [1.82, 2.24) is 20.0 Å². The van der Waals surface area contributed by atoms with Crippen molar-refractivity contribution in [1.29, 1.82) is 0 Å². The first-order chi connectivity index (χ1) is 10.1. The first kappa shape index (κ1) is 14.0. The zero-order valence-corrected chi connectivity index (χ0v) is 12.4. The summed E-state index contributed by atoms with van der Waals surface area (Å²) in [5, 5.41) is 8.36. The van der Waals surface area contributed by atoms with Crippen LogP contribution in [0.1, 0.15) is 10.7 Å². The molecule has 0 bridgehead atoms. The van der Waals surface area contributed by atoms with Gasteiger partial charge in [0, 0.05) is 36.8 Å². The van der Waals surface area contributed by atoms with Gasteiger partial charge in [0.1, 0.15) is 0 Å². The molecular formula is C14H15ClN4O2. The van der Waals surface area contributed by atoms with Crippen LogP contribution in [0.3, 0.4) is 0 Å². The number of carbonyl (C=O) groups excluding carboxylic acids is 1. The minimum absolute atomic E-state index is 0.0227. The highest BCUT2D eigenvalue weighted by atomic mass is 35.5. The van der Waals surface area contributed by atoms with Gasteiger partial charge in [-0.05, 0) is 25.2 Å². The molecule has 1 aromatic carbocycles. The highest BCUT2D eigenvalue weighted by Crippen LogP contribution is 2.21. The van der Waals surface area contributed by atoms with E-state index in [2.05, 4.69) is 15.1 Å². The topological polar surface area (TPSA) is 62.5 Å². The Labute approximate surface area is 127 Å². The Hall–Kier alpha value is -1.92. The molecule has 21 heavy (non-hydrogen) atoms. The Bertz CT molecular complexity index is 650. The van der Waals surface area contributed by atoms with Gasteiger partial charge in [0.25, 0.3) is 0 Å². The van der Waals surface area contributed by atoms with E-state index in [1.807, 2.05) is 13.1 Å². The summed E-state index contributed by atoms with van der Waals surface area (Å²) in [7, 11) is 2.03. The molecule has 0 aliphatic carbocycles. The van der Waals surface area contributed by atoms with Crippen LogP contribution in [-0.2, 0) is 0 Å². The Balaban J connectivity index is 1.77. The Kier molecular flexibility index (Phi) is 3.90. The van der Waals surface area contributed by atoms with Crippen molar-refractivity contribution in [2.75, 3.05) is 33.2 Å². The van der Waals surface area contributed by atoms with E-state index in [1.165, 1.54) is 0 Å². The van der Waals surface area contributed by atoms with Crippen LogP contribution in [0.2, 0.25) is 5.02 Å². The fraction of sp³-hybridized carbons (Fsp3) is 0.357. The number of rotatable bonds is 2. The number of hydrogen-bond acceptors (Lipinski definition) is 5. The highest BCUT2D eigenvalue weighted by molar-refractivity contribution is 6.30. The minimum atomic E-state index is -0.219. The molecule has 0 radical (unpaired) electrons. The third-order valence-corrected chi connectivity index (χ3v) is 3.71. The lowest BCUT2D eigenvalue weighted by Gasteiger charge is -2.31. The predicted octanol–water partition coefficient (Wildman–Crippen LogP) is 1.78. The third kappa shape index (κ3) is 3.06. The smallest absolute Gasteiger partial charge is 0.311 e. The van der Waals surface area contributed by atoms with E-state index in [0.717, 1.165) is 13.1 Å². The molecule has 3 rings (SSSR count). The van der Waals surface area contributed by atoms with Crippen LogP contribution in [0.5, 0.6) is 0 Å². The first-order valence-electron chi connectivity index (χ1n) is 6.71. The normalized spacial score (nSPS) is 16.2. The summed E-state index contributed by atoms with van der Waals surface area (Å²) < 4.78 is 5.48. The van der Waals surface area contributed by atoms with Crippen LogP contribution >= 0.6 is 11.6 Å². The summed E-state index contributed by atoms with van der Waals surface area (Å²) in [6.45, 7) is 3.04. The third-order valence-electron chi connectivity index (χ3n) is 3.47. The average Bonchev–Trinajstić information content (AvgIpc) is 2.97. The van der Waals surface area contributed by atoms with E-state index in [0.29, 0.717) is 29.6 Å². The van der Waals surface area contributed by atoms with Gasteiger partial charge in [0.15, 0.2) is 0 Å². The second-order valence-electron chi connectivity index (χ2n) is 5.02. The molecule has 7 heteroatoms. The maximum absolute atomic E-state index is 12.3. The molecular weight excluding hydrogens is 292 g/mol. The van der Waals surface area contributed by atoms with Gasteiger partial charge >= 0.3 is 11.8 Å². The second kappa shape index (κ2) is 5.83. The number of carbonyl (C=O) groups is 1. The summed E-state index contributed by atoms with van der Waals surface area (Å²) in [4.78, 5) is 16.2. The number of amides is 1. The molecule has 1 aliphatic heterocycles. The van der Waals surface area contributed by atoms with E-state index >= 15 is 0 Å². The molecule has 1 amide bonds. The van der Waals surface area contributed by atoms with Crippen LogP contribution in [0.4, 0.5) is 0 Å². The summed E-state index contributed by atoms with van der Waals surface area (Å²) in [5.74, 6) is 0.105. The highest BCUT2D eigenvalue weighted by Gasteiger charge is 2.25. The monoisotopic (exact) mass is 306 g/mol. The zero-order chi connectivity index (χ0) is 14.8.